The number of amides is 2. The van der Waals surface area contributed by atoms with Gasteiger partial charge in [-0.15, -0.1) is 0 Å². The molecule has 0 aliphatic carbocycles. The van der Waals surface area contributed by atoms with Crippen LogP contribution in [0.5, 0.6) is 0 Å². The fraction of sp³-hybridized carbons (Fsp3) is 0.769. The van der Waals surface area contributed by atoms with Gasteiger partial charge in [-0.25, -0.2) is 9.59 Å². The number of carboxylic acid groups (broad SMARTS) is 2. The molecule has 2 heterocycles. The number of likely N-dealkylation sites (N-methyl/N-ethyl adjacent to an activating group) is 1. The first-order valence-electron chi connectivity index (χ1n) is 7.10. The van der Waals surface area contributed by atoms with Crippen molar-refractivity contribution in [2.24, 2.45) is 0 Å². The highest BCUT2D eigenvalue weighted by Crippen LogP contribution is 2.28. The number of nitrogens with zero attached hydrogens (tertiary/aromatic N) is 2. The molecule has 2 saturated heterocycles. The Hall–Kier alpha value is -1.83. The summed E-state index contributed by atoms with van der Waals surface area (Å²) in [5.74, 6) is -2.59. The van der Waals surface area contributed by atoms with Gasteiger partial charge < -0.3 is 20.4 Å². The molecule has 2 amide bonds. The summed E-state index contributed by atoms with van der Waals surface area (Å²) in [6, 6.07) is -1.12. The summed E-state index contributed by atoms with van der Waals surface area (Å²) < 4.78 is 0. The lowest BCUT2D eigenvalue weighted by Crippen LogP contribution is -2.50. The average molecular weight is 299 g/mol. The minimum absolute atomic E-state index is 0.297. The van der Waals surface area contributed by atoms with Crippen LogP contribution in [0.25, 0.3) is 0 Å². The summed E-state index contributed by atoms with van der Waals surface area (Å²) in [6.45, 7) is 1.12. The molecule has 3 atom stereocenters. The Morgan fingerprint density at radius 1 is 1.19 bits per heavy atom. The molecule has 3 N–H and O–H groups in total. The highest BCUT2D eigenvalue weighted by molar-refractivity contribution is 5.86. The Bertz CT molecular complexity index is 442. The van der Waals surface area contributed by atoms with Crippen LogP contribution in [-0.2, 0) is 9.59 Å². The number of hydrogen-bond donors (Lipinski definition) is 3. The van der Waals surface area contributed by atoms with Gasteiger partial charge in [-0.3, -0.25) is 9.69 Å². The lowest BCUT2D eigenvalue weighted by molar-refractivity contribution is -0.145. The number of likely N-dealkylation sites (tertiary alicyclic amines) is 1. The molecule has 2 fully saturated rings. The summed E-state index contributed by atoms with van der Waals surface area (Å²) >= 11 is 0. The van der Waals surface area contributed by atoms with Crippen LogP contribution in [0.2, 0.25) is 0 Å². The van der Waals surface area contributed by atoms with Crippen LogP contribution >= 0.6 is 0 Å². The molecule has 0 radical (unpaired) electrons. The quantitative estimate of drug-likeness (QED) is 0.662. The standard InChI is InChI=1S/C13H21N3O5/c1-15-8-2-3-9(15)7-16(5-4-8)13(21)14-10(12(19)20)6-11(17)18/h8-10H,2-7H2,1H3,(H,14,21)(H,17,18)(H,19,20). The van der Waals surface area contributed by atoms with E-state index in [4.69, 9.17) is 10.2 Å². The Kier molecular flexibility index (Phi) is 4.66. The third kappa shape index (κ3) is 3.63. The third-order valence-electron chi connectivity index (χ3n) is 4.41. The number of hydrogen-bond acceptors (Lipinski definition) is 4. The fourth-order valence-corrected chi connectivity index (χ4v) is 3.11. The summed E-state index contributed by atoms with van der Waals surface area (Å²) in [5, 5.41) is 20.0. The highest BCUT2D eigenvalue weighted by Gasteiger charge is 2.36. The highest BCUT2D eigenvalue weighted by atomic mass is 16.4. The number of urea groups is 1. The van der Waals surface area contributed by atoms with Crippen LogP contribution in [0.1, 0.15) is 25.7 Å². The van der Waals surface area contributed by atoms with Crippen molar-refractivity contribution in [2.45, 2.75) is 43.8 Å². The van der Waals surface area contributed by atoms with Crippen molar-refractivity contribution in [2.75, 3.05) is 20.1 Å². The Morgan fingerprint density at radius 3 is 2.48 bits per heavy atom. The van der Waals surface area contributed by atoms with Crippen LogP contribution in [0, 0.1) is 0 Å². The maximum atomic E-state index is 12.2. The van der Waals surface area contributed by atoms with Crippen LogP contribution in [-0.4, -0.2) is 76.2 Å². The van der Waals surface area contributed by atoms with Crippen LogP contribution in [0.4, 0.5) is 4.79 Å². The Morgan fingerprint density at radius 2 is 1.86 bits per heavy atom. The van der Waals surface area contributed by atoms with Crippen LogP contribution in [0.3, 0.4) is 0 Å². The molecule has 0 aromatic carbocycles. The third-order valence-corrected chi connectivity index (χ3v) is 4.41. The fourth-order valence-electron chi connectivity index (χ4n) is 3.11. The minimum Gasteiger partial charge on any atom is -0.481 e. The number of rotatable bonds is 4. The second-order valence-electron chi connectivity index (χ2n) is 5.72. The molecule has 2 aliphatic rings. The molecule has 118 valence electrons. The predicted molar refractivity (Wildman–Crippen MR) is 73.0 cm³/mol. The van der Waals surface area contributed by atoms with Crippen LogP contribution in [0.15, 0.2) is 0 Å². The topological polar surface area (TPSA) is 110 Å². The Labute approximate surface area is 122 Å². The monoisotopic (exact) mass is 299 g/mol. The molecule has 3 unspecified atom stereocenters. The van der Waals surface area contributed by atoms with Gasteiger partial charge in [-0.2, -0.15) is 0 Å². The molecule has 0 saturated carbocycles. The van der Waals surface area contributed by atoms with E-state index in [1.165, 1.54) is 0 Å². The van der Waals surface area contributed by atoms with Gasteiger partial charge in [0.2, 0.25) is 0 Å². The number of carbonyl (C=O) groups is 3. The van der Waals surface area contributed by atoms with E-state index in [2.05, 4.69) is 10.2 Å². The van der Waals surface area contributed by atoms with Crippen molar-refractivity contribution in [3.63, 3.8) is 0 Å². The largest absolute Gasteiger partial charge is 0.481 e. The molecular weight excluding hydrogens is 278 g/mol. The molecule has 0 aromatic rings. The second-order valence-corrected chi connectivity index (χ2v) is 5.72. The van der Waals surface area contributed by atoms with Crippen molar-refractivity contribution in [1.82, 2.24) is 15.1 Å². The molecular formula is C13H21N3O5. The van der Waals surface area contributed by atoms with E-state index < -0.39 is 30.4 Å². The molecule has 0 aromatic heterocycles. The molecule has 2 bridgehead atoms. The Balaban J connectivity index is 1.96. The zero-order chi connectivity index (χ0) is 15.6. The zero-order valence-electron chi connectivity index (χ0n) is 12.0. The molecule has 8 nitrogen and oxygen atoms in total. The zero-order valence-corrected chi connectivity index (χ0v) is 12.0. The maximum Gasteiger partial charge on any atom is 0.326 e. The summed E-state index contributed by atoms with van der Waals surface area (Å²) in [6.07, 6.45) is 2.40. The van der Waals surface area contributed by atoms with Crippen molar-refractivity contribution < 1.29 is 24.6 Å². The van der Waals surface area contributed by atoms with Gasteiger partial charge in [0.1, 0.15) is 6.04 Å². The number of fused-ring (bicyclic) bond motifs is 2. The van der Waals surface area contributed by atoms with Crippen LogP contribution < -0.4 is 5.32 Å². The van der Waals surface area contributed by atoms with Crippen molar-refractivity contribution in [3.8, 4) is 0 Å². The first-order chi connectivity index (χ1) is 9.88. The van der Waals surface area contributed by atoms with E-state index in [9.17, 15) is 14.4 Å². The van der Waals surface area contributed by atoms with Gasteiger partial charge in [-0.1, -0.05) is 0 Å². The van der Waals surface area contributed by atoms with E-state index in [1.54, 1.807) is 4.90 Å². The van der Waals surface area contributed by atoms with E-state index in [0.717, 1.165) is 19.3 Å². The van der Waals surface area contributed by atoms with E-state index in [0.29, 0.717) is 25.2 Å². The normalized spacial score (nSPS) is 27.0. The summed E-state index contributed by atoms with van der Waals surface area (Å²) in [4.78, 5) is 37.7. The SMILES string of the molecule is CN1C2CCC1CN(C(=O)NC(CC(=O)O)C(=O)O)CC2. The first-order valence-corrected chi connectivity index (χ1v) is 7.10. The first kappa shape index (κ1) is 15.6. The van der Waals surface area contributed by atoms with E-state index in [1.807, 2.05) is 7.05 Å². The molecule has 8 heteroatoms. The van der Waals surface area contributed by atoms with Crippen molar-refractivity contribution in [3.05, 3.63) is 0 Å². The molecule has 21 heavy (non-hydrogen) atoms. The second kappa shape index (κ2) is 6.30. The van der Waals surface area contributed by atoms with Gasteiger partial charge in [0.05, 0.1) is 6.42 Å². The molecule has 0 spiro atoms. The van der Waals surface area contributed by atoms with Gasteiger partial charge in [0, 0.05) is 25.2 Å². The van der Waals surface area contributed by atoms with Gasteiger partial charge in [0.15, 0.2) is 0 Å². The van der Waals surface area contributed by atoms with Gasteiger partial charge >= 0.3 is 18.0 Å². The minimum atomic E-state index is -1.40. The number of carboxylic acids is 2. The molecule has 2 rings (SSSR count). The van der Waals surface area contributed by atoms with Crippen molar-refractivity contribution in [1.29, 1.82) is 0 Å². The van der Waals surface area contributed by atoms with Gasteiger partial charge in [-0.05, 0) is 26.3 Å². The van der Waals surface area contributed by atoms with E-state index >= 15 is 0 Å². The van der Waals surface area contributed by atoms with Crippen molar-refractivity contribution >= 4 is 18.0 Å². The van der Waals surface area contributed by atoms with Gasteiger partial charge in [0.25, 0.3) is 0 Å². The lowest BCUT2D eigenvalue weighted by Gasteiger charge is -2.27. The maximum absolute atomic E-state index is 12.2. The predicted octanol–water partition coefficient (Wildman–Crippen LogP) is -0.208. The summed E-state index contributed by atoms with van der Waals surface area (Å²) in [7, 11) is 2.05. The number of carbonyl (C=O) groups excluding carboxylic acids is 1. The average Bonchev–Trinajstić information content (AvgIpc) is 2.61. The smallest absolute Gasteiger partial charge is 0.326 e. The number of aliphatic carboxylic acids is 2. The number of nitrogens with one attached hydrogen (secondary N) is 1. The molecule has 2 aliphatic heterocycles. The summed E-state index contributed by atoms with van der Waals surface area (Å²) in [5.41, 5.74) is 0. The lowest BCUT2D eigenvalue weighted by atomic mass is 10.1. The van der Waals surface area contributed by atoms with E-state index in [-0.39, 0.29) is 0 Å².